The summed E-state index contributed by atoms with van der Waals surface area (Å²) >= 11 is 6.07. The van der Waals surface area contributed by atoms with E-state index in [1.54, 1.807) is 7.11 Å². The largest absolute Gasteiger partial charge is 0.383 e. The number of rotatable bonds is 4. The predicted molar refractivity (Wildman–Crippen MR) is 85.1 cm³/mol. The quantitative estimate of drug-likeness (QED) is 0.929. The highest BCUT2D eigenvalue weighted by atomic mass is 35.5. The van der Waals surface area contributed by atoms with Crippen molar-refractivity contribution < 1.29 is 9.53 Å². The summed E-state index contributed by atoms with van der Waals surface area (Å²) in [6, 6.07) is 5.47. The topological polar surface area (TPSA) is 44.8 Å². The Hall–Kier alpha value is -1.30. The van der Waals surface area contributed by atoms with Crippen molar-refractivity contribution in [2.24, 2.45) is 0 Å². The number of nitrogens with zero attached hydrogens (tertiary/aromatic N) is 2. The molecule has 1 aliphatic rings. The molecule has 1 fully saturated rings. The van der Waals surface area contributed by atoms with E-state index < -0.39 is 0 Å². The van der Waals surface area contributed by atoms with E-state index in [1.165, 1.54) is 0 Å². The number of anilines is 1. The van der Waals surface area contributed by atoms with Gasteiger partial charge < -0.3 is 15.0 Å². The Kier molecular flexibility index (Phi) is 5.85. The summed E-state index contributed by atoms with van der Waals surface area (Å²) in [5.74, 6) is 0. The Bertz CT molecular complexity index is 488. The minimum atomic E-state index is -0.0632. The molecule has 1 heterocycles. The number of ether oxygens (including phenoxy) is 1. The molecule has 0 bridgehead atoms. The second-order valence-corrected chi connectivity index (χ2v) is 5.57. The summed E-state index contributed by atoms with van der Waals surface area (Å²) in [5.41, 5.74) is 1.67. The number of carbonyl (C=O) groups is 1. The van der Waals surface area contributed by atoms with Crippen molar-refractivity contribution in [3.05, 3.63) is 28.8 Å². The number of carbonyl (C=O) groups excluding carboxylic acids is 1. The Balaban J connectivity index is 1.86. The van der Waals surface area contributed by atoms with Gasteiger partial charge in [-0.2, -0.15) is 0 Å². The lowest BCUT2D eigenvalue weighted by molar-refractivity contribution is 0.109. The minimum Gasteiger partial charge on any atom is -0.383 e. The molecule has 5 nitrogen and oxygen atoms in total. The molecular formula is C15H22ClN3O2. The lowest BCUT2D eigenvalue weighted by Crippen LogP contribution is -2.50. The number of benzene rings is 1. The number of hydrogen-bond acceptors (Lipinski definition) is 3. The van der Waals surface area contributed by atoms with Crippen molar-refractivity contribution in [1.82, 2.24) is 9.80 Å². The second kappa shape index (κ2) is 7.64. The third-order valence-electron chi connectivity index (χ3n) is 3.78. The standard InChI is InChI=1S/C15H22ClN3O2/c1-12-13(16)4-3-5-14(12)17-15(20)19-8-6-18(7-9-19)10-11-21-2/h3-5H,6-11H2,1-2H3,(H,17,20). The third-order valence-corrected chi connectivity index (χ3v) is 4.19. The number of piperazine rings is 1. The lowest BCUT2D eigenvalue weighted by atomic mass is 10.2. The SMILES string of the molecule is COCCN1CCN(C(=O)Nc2cccc(Cl)c2C)CC1. The van der Waals surface area contributed by atoms with Crippen LogP contribution in [0.1, 0.15) is 5.56 Å². The van der Waals surface area contributed by atoms with Crippen LogP contribution in [-0.4, -0.2) is 62.3 Å². The number of urea groups is 1. The van der Waals surface area contributed by atoms with E-state index in [1.807, 2.05) is 30.0 Å². The lowest BCUT2D eigenvalue weighted by Gasteiger charge is -2.34. The molecule has 0 atom stereocenters. The van der Waals surface area contributed by atoms with Crippen LogP contribution in [0.2, 0.25) is 5.02 Å². The third kappa shape index (κ3) is 4.33. The summed E-state index contributed by atoms with van der Waals surface area (Å²) < 4.78 is 5.08. The highest BCUT2D eigenvalue weighted by molar-refractivity contribution is 6.31. The molecule has 0 saturated carbocycles. The normalized spacial score (nSPS) is 16.0. The fourth-order valence-electron chi connectivity index (χ4n) is 2.33. The van der Waals surface area contributed by atoms with Crippen LogP contribution in [0.25, 0.3) is 0 Å². The monoisotopic (exact) mass is 311 g/mol. The molecule has 1 aliphatic heterocycles. The Labute approximate surface area is 130 Å². The first-order chi connectivity index (χ1) is 10.1. The van der Waals surface area contributed by atoms with E-state index in [0.717, 1.165) is 50.6 Å². The summed E-state index contributed by atoms with van der Waals surface area (Å²) in [4.78, 5) is 16.4. The number of nitrogens with one attached hydrogen (secondary N) is 1. The van der Waals surface area contributed by atoms with E-state index in [2.05, 4.69) is 10.2 Å². The average Bonchev–Trinajstić information content (AvgIpc) is 2.50. The molecule has 6 heteroatoms. The molecule has 1 N–H and O–H groups in total. The molecule has 0 aromatic heterocycles. The molecule has 1 aromatic rings. The highest BCUT2D eigenvalue weighted by Gasteiger charge is 2.21. The van der Waals surface area contributed by atoms with E-state index in [0.29, 0.717) is 5.02 Å². The van der Waals surface area contributed by atoms with Gasteiger partial charge in [-0.25, -0.2) is 4.79 Å². The van der Waals surface area contributed by atoms with Crippen molar-refractivity contribution in [1.29, 1.82) is 0 Å². The van der Waals surface area contributed by atoms with Gasteiger partial charge in [-0.1, -0.05) is 17.7 Å². The number of methoxy groups -OCH3 is 1. The van der Waals surface area contributed by atoms with E-state index in [-0.39, 0.29) is 6.03 Å². The van der Waals surface area contributed by atoms with Crippen molar-refractivity contribution in [3.8, 4) is 0 Å². The maximum Gasteiger partial charge on any atom is 0.321 e. The van der Waals surface area contributed by atoms with Gasteiger partial charge in [0.25, 0.3) is 0 Å². The molecule has 0 unspecified atom stereocenters. The average molecular weight is 312 g/mol. The van der Waals surface area contributed by atoms with Crippen molar-refractivity contribution in [2.75, 3.05) is 51.8 Å². The van der Waals surface area contributed by atoms with Crippen LogP contribution in [-0.2, 0) is 4.74 Å². The van der Waals surface area contributed by atoms with Gasteiger partial charge >= 0.3 is 6.03 Å². The van der Waals surface area contributed by atoms with Gasteiger partial charge in [0, 0.05) is 50.5 Å². The Morgan fingerprint density at radius 1 is 1.33 bits per heavy atom. The smallest absolute Gasteiger partial charge is 0.321 e. The van der Waals surface area contributed by atoms with E-state index in [9.17, 15) is 4.79 Å². The molecular weight excluding hydrogens is 290 g/mol. The summed E-state index contributed by atoms with van der Waals surface area (Å²) in [7, 11) is 1.71. The number of hydrogen-bond donors (Lipinski definition) is 1. The van der Waals surface area contributed by atoms with Crippen LogP contribution in [0.3, 0.4) is 0 Å². The minimum absolute atomic E-state index is 0.0632. The summed E-state index contributed by atoms with van der Waals surface area (Å²) in [6.45, 7) is 6.77. The zero-order valence-electron chi connectivity index (χ0n) is 12.6. The summed E-state index contributed by atoms with van der Waals surface area (Å²) in [5, 5.41) is 3.60. The zero-order chi connectivity index (χ0) is 15.2. The van der Waals surface area contributed by atoms with Gasteiger partial charge in [0.05, 0.1) is 6.61 Å². The molecule has 2 amide bonds. The van der Waals surface area contributed by atoms with Crippen LogP contribution < -0.4 is 5.32 Å². The molecule has 1 saturated heterocycles. The fraction of sp³-hybridized carbons (Fsp3) is 0.533. The van der Waals surface area contributed by atoms with Gasteiger partial charge in [-0.3, -0.25) is 4.90 Å². The molecule has 116 valence electrons. The van der Waals surface area contributed by atoms with Gasteiger partial charge in [-0.15, -0.1) is 0 Å². The van der Waals surface area contributed by atoms with E-state index >= 15 is 0 Å². The van der Waals surface area contributed by atoms with Crippen LogP contribution in [0, 0.1) is 6.92 Å². The highest BCUT2D eigenvalue weighted by Crippen LogP contribution is 2.23. The Morgan fingerprint density at radius 3 is 2.71 bits per heavy atom. The van der Waals surface area contributed by atoms with Crippen LogP contribution in [0.4, 0.5) is 10.5 Å². The van der Waals surface area contributed by atoms with Crippen molar-refractivity contribution in [3.63, 3.8) is 0 Å². The first kappa shape index (κ1) is 16.1. The van der Waals surface area contributed by atoms with E-state index in [4.69, 9.17) is 16.3 Å². The van der Waals surface area contributed by atoms with Gasteiger partial charge in [0.2, 0.25) is 0 Å². The van der Waals surface area contributed by atoms with Gasteiger partial charge in [0.15, 0.2) is 0 Å². The predicted octanol–water partition coefficient (Wildman–Crippen LogP) is 2.44. The van der Waals surface area contributed by atoms with Crippen molar-refractivity contribution >= 4 is 23.3 Å². The zero-order valence-corrected chi connectivity index (χ0v) is 13.3. The van der Waals surface area contributed by atoms with Crippen LogP contribution in [0.15, 0.2) is 18.2 Å². The van der Waals surface area contributed by atoms with Crippen LogP contribution >= 0.6 is 11.6 Å². The number of amides is 2. The molecule has 21 heavy (non-hydrogen) atoms. The Morgan fingerprint density at radius 2 is 2.05 bits per heavy atom. The van der Waals surface area contributed by atoms with Crippen molar-refractivity contribution in [2.45, 2.75) is 6.92 Å². The number of halogens is 1. The van der Waals surface area contributed by atoms with Gasteiger partial charge in [0.1, 0.15) is 0 Å². The molecule has 2 rings (SSSR count). The first-order valence-corrected chi connectivity index (χ1v) is 7.52. The van der Waals surface area contributed by atoms with Crippen LogP contribution in [0.5, 0.6) is 0 Å². The molecule has 0 aliphatic carbocycles. The first-order valence-electron chi connectivity index (χ1n) is 7.14. The molecule has 0 spiro atoms. The fourth-order valence-corrected chi connectivity index (χ4v) is 2.51. The van der Waals surface area contributed by atoms with Gasteiger partial charge in [-0.05, 0) is 24.6 Å². The molecule has 0 radical (unpaired) electrons. The molecule has 1 aromatic carbocycles. The summed E-state index contributed by atoms with van der Waals surface area (Å²) in [6.07, 6.45) is 0. The maximum absolute atomic E-state index is 12.3. The second-order valence-electron chi connectivity index (χ2n) is 5.16. The maximum atomic E-state index is 12.3.